The summed E-state index contributed by atoms with van der Waals surface area (Å²) >= 11 is 0. The van der Waals surface area contributed by atoms with Gasteiger partial charge in [0.05, 0.1) is 27.4 Å². The van der Waals surface area contributed by atoms with Gasteiger partial charge in [0.25, 0.3) is 31.9 Å². The number of sulfonamides is 2. The van der Waals surface area contributed by atoms with Gasteiger partial charge in [0.15, 0.2) is 23.3 Å². The molecule has 1 aromatic heterocycles. The lowest BCUT2D eigenvalue weighted by Crippen LogP contribution is -2.26. The Morgan fingerprint density at radius 3 is 1.69 bits per heavy atom. The monoisotopic (exact) mass is 773 g/mol. The molecule has 0 aliphatic heterocycles. The SMILES string of the molecule is Cl.O=C(NCc1nc2ccccc2n1C(=O)c1cccc(NS(=O)(=O)c2ccc(F)c(F)c2)c1)c1cccc(NS(=O)(=O)c2ccc(F)c(F)c2)c1. The molecule has 6 rings (SSSR count). The first-order valence-corrected chi connectivity index (χ1v) is 17.6. The summed E-state index contributed by atoms with van der Waals surface area (Å²) < 4.78 is 111. The Morgan fingerprint density at radius 1 is 0.615 bits per heavy atom. The quantitative estimate of drug-likeness (QED) is 0.139. The summed E-state index contributed by atoms with van der Waals surface area (Å²) in [5, 5.41) is 2.64. The fraction of sp³-hybridized carbons (Fsp3) is 0.0294. The minimum atomic E-state index is -4.37. The molecule has 18 heteroatoms. The standard InChI is InChI=1S/C34H23F4N5O6S2.ClH/c35-26-13-11-24(17-28(26)37)50(46,47)41-22-7-3-5-20(15-22)33(44)39-19-32-40-30-9-1-2-10-31(30)43(32)34(45)21-6-4-8-23(16-21)42-51(48,49)25-12-14-27(36)29(38)18-25;/h1-18,41-42H,19H2,(H,39,44);1H. The molecule has 6 aromatic rings. The number of amides is 1. The number of carbonyl (C=O) groups is 2. The molecule has 0 saturated carbocycles. The molecule has 0 bridgehead atoms. The molecule has 1 amide bonds. The molecule has 52 heavy (non-hydrogen) atoms. The number of rotatable bonds is 10. The predicted molar refractivity (Wildman–Crippen MR) is 185 cm³/mol. The first-order chi connectivity index (χ1) is 24.2. The van der Waals surface area contributed by atoms with Crippen LogP contribution in [0.5, 0.6) is 0 Å². The van der Waals surface area contributed by atoms with Crippen LogP contribution >= 0.6 is 12.4 Å². The zero-order valence-electron chi connectivity index (χ0n) is 26.2. The van der Waals surface area contributed by atoms with Crippen molar-refractivity contribution in [2.75, 3.05) is 9.44 Å². The highest BCUT2D eigenvalue weighted by atomic mass is 35.5. The molecule has 0 aliphatic carbocycles. The molecule has 0 radical (unpaired) electrons. The summed E-state index contributed by atoms with van der Waals surface area (Å²) in [5.74, 6) is -6.38. The van der Waals surface area contributed by atoms with E-state index in [-0.39, 0.29) is 47.3 Å². The summed E-state index contributed by atoms with van der Waals surface area (Å²) in [6, 6.07) is 21.5. The zero-order chi connectivity index (χ0) is 36.5. The maximum absolute atomic E-state index is 13.9. The number of anilines is 2. The first kappa shape index (κ1) is 37.5. The highest BCUT2D eigenvalue weighted by Crippen LogP contribution is 2.23. The summed E-state index contributed by atoms with van der Waals surface area (Å²) in [6.45, 7) is -0.285. The molecular weight excluding hydrogens is 750 g/mol. The molecule has 0 spiro atoms. The molecule has 0 aliphatic rings. The first-order valence-electron chi connectivity index (χ1n) is 14.7. The van der Waals surface area contributed by atoms with Crippen molar-refractivity contribution in [1.29, 1.82) is 0 Å². The predicted octanol–water partition coefficient (Wildman–Crippen LogP) is 6.23. The number of benzene rings is 5. The third kappa shape index (κ3) is 7.91. The van der Waals surface area contributed by atoms with Gasteiger partial charge in [-0.25, -0.2) is 39.4 Å². The molecule has 0 unspecified atom stereocenters. The normalized spacial score (nSPS) is 11.5. The number of hydrogen-bond acceptors (Lipinski definition) is 7. The zero-order valence-corrected chi connectivity index (χ0v) is 28.6. The number of nitrogens with zero attached hydrogens (tertiary/aromatic N) is 2. The Bertz CT molecular complexity index is 2590. The molecule has 3 N–H and O–H groups in total. The lowest BCUT2D eigenvalue weighted by molar-refractivity contribution is 0.0932. The third-order valence-corrected chi connectivity index (χ3v) is 10.1. The number of para-hydroxylation sites is 2. The van der Waals surface area contributed by atoms with Crippen molar-refractivity contribution < 1.29 is 44.0 Å². The van der Waals surface area contributed by atoms with E-state index in [1.807, 2.05) is 0 Å². The average molecular weight is 774 g/mol. The van der Waals surface area contributed by atoms with Crippen molar-refractivity contribution in [3.8, 4) is 0 Å². The van der Waals surface area contributed by atoms with E-state index in [1.165, 1.54) is 53.1 Å². The second kappa shape index (κ2) is 14.8. The Hall–Kier alpha value is -5.78. The molecule has 0 fully saturated rings. The molecule has 268 valence electrons. The number of nitrogens with one attached hydrogen (secondary N) is 3. The van der Waals surface area contributed by atoms with Gasteiger partial charge >= 0.3 is 0 Å². The molecular formula is C34H24ClF4N5O6S2. The van der Waals surface area contributed by atoms with Crippen molar-refractivity contribution in [2.45, 2.75) is 16.3 Å². The summed E-state index contributed by atoms with van der Waals surface area (Å²) in [7, 11) is -8.71. The maximum Gasteiger partial charge on any atom is 0.263 e. The van der Waals surface area contributed by atoms with E-state index < -0.39 is 64.9 Å². The van der Waals surface area contributed by atoms with Gasteiger partial charge in [-0.2, -0.15) is 0 Å². The van der Waals surface area contributed by atoms with Crippen LogP contribution in [0.25, 0.3) is 11.0 Å². The van der Waals surface area contributed by atoms with Gasteiger partial charge in [-0.3, -0.25) is 23.6 Å². The van der Waals surface area contributed by atoms with Crippen molar-refractivity contribution in [3.05, 3.63) is 149 Å². The Morgan fingerprint density at radius 2 is 1.13 bits per heavy atom. The van der Waals surface area contributed by atoms with E-state index in [1.54, 1.807) is 24.3 Å². The smallest absolute Gasteiger partial charge is 0.263 e. The van der Waals surface area contributed by atoms with E-state index in [2.05, 4.69) is 19.7 Å². The Balaban J connectivity index is 0.00000523. The molecule has 11 nitrogen and oxygen atoms in total. The highest BCUT2D eigenvalue weighted by Gasteiger charge is 2.22. The van der Waals surface area contributed by atoms with Gasteiger partial charge < -0.3 is 5.32 Å². The summed E-state index contributed by atoms with van der Waals surface area (Å²) in [5.41, 5.74) is 0.694. The molecule has 0 saturated heterocycles. The van der Waals surface area contributed by atoms with Crippen LogP contribution in [0.1, 0.15) is 26.5 Å². The molecule has 5 aromatic carbocycles. The van der Waals surface area contributed by atoms with Gasteiger partial charge in [0, 0.05) is 22.5 Å². The second-order valence-electron chi connectivity index (χ2n) is 10.9. The Kier molecular flexibility index (Phi) is 10.7. The largest absolute Gasteiger partial charge is 0.345 e. The second-order valence-corrected chi connectivity index (χ2v) is 14.2. The van der Waals surface area contributed by atoms with Crippen LogP contribution in [-0.2, 0) is 26.6 Å². The minimum Gasteiger partial charge on any atom is -0.345 e. The number of imidazole rings is 1. The lowest BCUT2D eigenvalue weighted by atomic mass is 10.2. The van der Waals surface area contributed by atoms with Gasteiger partial charge in [0.2, 0.25) is 0 Å². The van der Waals surface area contributed by atoms with Crippen molar-refractivity contribution in [2.24, 2.45) is 0 Å². The average Bonchev–Trinajstić information content (AvgIpc) is 3.47. The van der Waals surface area contributed by atoms with Gasteiger partial charge in [-0.05, 0) is 84.9 Å². The number of halogens is 5. The fourth-order valence-corrected chi connectivity index (χ4v) is 7.09. The van der Waals surface area contributed by atoms with Gasteiger partial charge in [-0.1, -0.05) is 24.3 Å². The van der Waals surface area contributed by atoms with Crippen LogP contribution in [0.2, 0.25) is 0 Å². The minimum absolute atomic E-state index is 0. The topological polar surface area (TPSA) is 156 Å². The van der Waals surface area contributed by atoms with Gasteiger partial charge in [0.1, 0.15) is 5.82 Å². The van der Waals surface area contributed by atoms with E-state index in [0.29, 0.717) is 35.3 Å². The van der Waals surface area contributed by atoms with Crippen LogP contribution in [0.4, 0.5) is 28.9 Å². The van der Waals surface area contributed by atoms with E-state index in [9.17, 15) is 44.0 Å². The third-order valence-electron chi connectivity index (χ3n) is 7.38. The van der Waals surface area contributed by atoms with Crippen LogP contribution in [0, 0.1) is 23.3 Å². The maximum atomic E-state index is 13.9. The number of hydrogen-bond donors (Lipinski definition) is 3. The number of fused-ring (bicyclic) bond motifs is 1. The number of carbonyl (C=O) groups excluding carboxylic acids is 2. The molecule has 0 atom stereocenters. The van der Waals surface area contributed by atoms with Crippen LogP contribution in [-0.4, -0.2) is 38.2 Å². The van der Waals surface area contributed by atoms with E-state index in [4.69, 9.17) is 0 Å². The van der Waals surface area contributed by atoms with Crippen LogP contribution < -0.4 is 14.8 Å². The lowest BCUT2D eigenvalue weighted by Gasteiger charge is -2.12. The van der Waals surface area contributed by atoms with E-state index >= 15 is 0 Å². The van der Waals surface area contributed by atoms with Crippen molar-refractivity contribution in [3.63, 3.8) is 0 Å². The van der Waals surface area contributed by atoms with Crippen LogP contribution in [0.3, 0.4) is 0 Å². The molecule has 1 heterocycles. The van der Waals surface area contributed by atoms with Crippen molar-refractivity contribution in [1.82, 2.24) is 14.9 Å². The summed E-state index contributed by atoms with van der Waals surface area (Å²) in [4.78, 5) is 30.5. The number of aromatic nitrogens is 2. The van der Waals surface area contributed by atoms with Crippen LogP contribution in [0.15, 0.2) is 119 Å². The van der Waals surface area contributed by atoms with Crippen molar-refractivity contribution >= 4 is 66.7 Å². The highest BCUT2D eigenvalue weighted by molar-refractivity contribution is 7.93. The van der Waals surface area contributed by atoms with E-state index in [0.717, 1.165) is 12.1 Å². The summed E-state index contributed by atoms with van der Waals surface area (Å²) in [6.07, 6.45) is 0. The Labute approximate surface area is 299 Å². The fourth-order valence-electron chi connectivity index (χ4n) is 4.97. The van der Waals surface area contributed by atoms with Gasteiger partial charge in [-0.15, -0.1) is 12.4 Å².